The fourth-order valence-corrected chi connectivity index (χ4v) is 7.05. The first-order valence-corrected chi connectivity index (χ1v) is 15.1. The van der Waals surface area contributed by atoms with Gasteiger partial charge in [-0.2, -0.15) is 0 Å². The second-order valence-corrected chi connectivity index (χ2v) is 12.4. The molecule has 198 valence electrons. The van der Waals surface area contributed by atoms with Gasteiger partial charge in [0, 0.05) is 29.3 Å². The summed E-state index contributed by atoms with van der Waals surface area (Å²) in [5.41, 5.74) is 10.6. The number of nitrogens with zero attached hydrogens (tertiary/aromatic N) is 3. The number of aliphatic hydroxyl groups is 1. The van der Waals surface area contributed by atoms with E-state index in [4.69, 9.17) is 20.2 Å². The molecule has 4 aromatic rings. The van der Waals surface area contributed by atoms with Crippen LogP contribution in [0.3, 0.4) is 0 Å². The molecule has 3 N–H and O–H groups in total. The molecule has 0 bridgehead atoms. The molecule has 0 spiro atoms. The number of pyridine rings is 1. The average Bonchev–Trinajstić information content (AvgIpc) is 3.54. The zero-order chi connectivity index (χ0) is 26.4. The van der Waals surface area contributed by atoms with Gasteiger partial charge in [0.05, 0.1) is 29.7 Å². The molecule has 0 fully saturated rings. The highest BCUT2D eigenvalue weighted by atomic mass is 32.2. The van der Waals surface area contributed by atoms with Crippen LogP contribution in [0, 0.1) is 0 Å². The number of thiazole rings is 1. The number of aliphatic hydroxyl groups excluding tert-OH is 1. The minimum Gasteiger partial charge on any atom is -0.396 e. The Labute approximate surface area is 227 Å². The number of likely N-dealkylation sites (N-methyl/N-ethyl adjacent to an activating group) is 1. The third-order valence-corrected chi connectivity index (χ3v) is 9.45. The molecular weight excluding hydrogens is 529 g/mol. The smallest absolute Gasteiger partial charge is 0.269 e. The monoisotopic (exact) mass is 560 g/mol. The minimum absolute atomic E-state index is 0.209. The first kappa shape index (κ1) is 27.8. The van der Waals surface area contributed by atoms with Gasteiger partial charge in [-0.05, 0) is 43.3 Å². The molecule has 4 rings (SSSR count). The minimum atomic E-state index is -1.28. The van der Waals surface area contributed by atoms with Crippen LogP contribution in [0.1, 0.15) is 25.3 Å². The second-order valence-electron chi connectivity index (χ2n) is 8.77. The van der Waals surface area contributed by atoms with Gasteiger partial charge >= 0.3 is 0 Å². The Bertz CT molecular complexity index is 1320. The number of hydrogen-bond acceptors (Lipinski definition) is 10. The molecule has 3 heterocycles. The Morgan fingerprint density at radius 1 is 1.22 bits per heavy atom. The van der Waals surface area contributed by atoms with Gasteiger partial charge in [0.1, 0.15) is 19.7 Å². The summed E-state index contributed by atoms with van der Waals surface area (Å²) in [6.07, 6.45) is 3.61. The number of hydrogen-bond donors (Lipinski definition) is 2. The van der Waals surface area contributed by atoms with Crippen LogP contribution in [0.2, 0.25) is 0 Å². The number of benzene rings is 1. The number of aromatic nitrogens is 2. The van der Waals surface area contributed by atoms with E-state index in [2.05, 4.69) is 11.9 Å². The SMILES string of the molecule is CCCCS(=O)c1sc2nc(-c3nccs3)cc(-c3ccc(COC(O)OCCN(C)C)cc3)c2c1N. The molecule has 2 unspecified atom stereocenters. The van der Waals surface area contributed by atoms with E-state index in [-0.39, 0.29) is 6.61 Å². The zero-order valence-electron chi connectivity index (χ0n) is 21.2. The first-order valence-electron chi connectivity index (χ1n) is 12.0. The highest BCUT2D eigenvalue weighted by Crippen LogP contribution is 2.43. The van der Waals surface area contributed by atoms with E-state index in [0.717, 1.165) is 50.5 Å². The maximum absolute atomic E-state index is 13.0. The van der Waals surface area contributed by atoms with E-state index in [0.29, 0.717) is 28.8 Å². The van der Waals surface area contributed by atoms with Crippen LogP contribution in [0.15, 0.2) is 46.1 Å². The van der Waals surface area contributed by atoms with Gasteiger partial charge in [-0.1, -0.05) is 37.6 Å². The van der Waals surface area contributed by atoms with Gasteiger partial charge in [-0.25, -0.2) is 9.97 Å². The van der Waals surface area contributed by atoms with Crippen molar-refractivity contribution < 1.29 is 18.8 Å². The molecule has 11 heteroatoms. The molecule has 2 atom stereocenters. The van der Waals surface area contributed by atoms with Crippen LogP contribution in [0.4, 0.5) is 5.69 Å². The number of thiophene rings is 1. The van der Waals surface area contributed by atoms with Gasteiger partial charge in [0.2, 0.25) is 0 Å². The third-order valence-electron chi connectivity index (χ3n) is 5.66. The van der Waals surface area contributed by atoms with E-state index in [1.165, 1.54) is 22.7 Å². The van der Waals surface area contributed by atoms with Gasteiger partial charge < -0.3 is 25.2 Å². The van der Waals surface area contributed by atoms with Crippen LogP contribution in [0.25, 0.3) is 32.0 Å². The molecule has 3 aromatic heterocycles. The molecule has 0 aliphatic heterocycles. The molecule has 0 radical (unpaired) electrons. The lowest BCUT2D eigenvalue weighted by atomic mass is 10.0. The Morgan fingerprint density at radius 2 is 2.00 bits per heavy atom. The van der Waals surface area contributed by atoms with Crippen molar-refractivity contribution in [2.24, 2.45) is 0 Å². The molecule has 0 saturated heterocycles. The summed E-state index contributed by atoms with van der Waals surface area (Å²) >= 11 is 2.92. The van der Waals surface area contributed by atoms with Crippen LogP contribution in [-0.4, -0.2) is 63.7 Å². The summed E-state index contributed by atoms with van der Waals surface area (Å²) in [5.74, 6) is 0.585. The lowest BCUT2D eigenvalue weighted by Crippen LogP contribution is -2.23. The molecule has 8 nitrogen and oxygen atoms in total. The van der Waals surface area contributed by atoms with E-state index >= 15 is 0 Å². The van der Waals surface area contributed by atoms with Crippen LogP contribution >= 0.6 is 22.7 Å². The van der Waals surface area contributed by atoms with Crippen LogP contribution in [-0.2, 0) is 26.9 Å². The van der Waals surface area contributed by atoms with Crippen LogP contribution in [0.5, 0.6) is 0 Å². The van der Waals surface area contributed by atoms with Crippen molar-refractivity contribution in [2.45, 2.75) is 37.1 Å². The van der Waals surface area contributed by atoms with Gasteiger partial charge in [0.15, 0.2) is 0 Å². The highest BCUT2D eigenvalue weighted by Gasteiger charge is 2.21. The molecule has 0 saturated carbocycles. The van der Waals surface area contributed by atoms with Crippen LogP contribution < -0.4 is 5.73 Å². The summed E-state index contributed by atoms with van der Waals surface area (Å²) < 4.78 is 24.4. The Hall–Kier alpha value is -2.25. The summed E-state index contributed by atoms with van der Waals surface area (Å²) in [6.45, 7) is 2.08. The summed E-state index contributed by atoms with van der Waals surface area (Å²) in [7, 11) is 2.70. The van der Waals surface area contributed by atoms with Crippen molar-refractivity contribution in [3.05, 3.63) is 47.5 Å². The number of fused-ring (bicyclic) bond motifs is 1. The Balaban J connectivity index is 1.61. The topological polar surface area (TPSA) is 111 Å². The normalized spacial score (nSPS) is 13.4. The number of anilines is 1. The largest absolute Gasteiger partial charge is 0.396 e. The maximum atomic E-state index is 13.0. The van der Waals surface area contributed by atoms with E-state index in [1.54, 1.807) is 6.20 Å². The number of unbranched alkanes of at least 4 members (excludes halogenated alkanes) is 1. The van der Waals surface area contributed by atoms with Gasteiger partial charge in [-0.3, -0.25) is 4.21 Å². The van der Waals surface area contributed by atoms with Crippen molar-refractivity contribution in [3.63, 3.8) is 0 Å². The molecule has 0 aliphatic carbocycles. The standard InChI is InChI=1S/C26H32N4O4S3/c1-4-5-14-37(32)25-22(27)21-19(15-20(29-24(21)36-25)23-28-10-13-35-23)18-8-6-17(7-9-18)16-34-26(31)33-12-11-30(2)3/h6-10,13,15,26,31H,4-5,11-12,14,16,27H2,1-3H3. The van der Waals surface area contributed by atoms with Crippen molar-refractivity contribution in [1.29, 1.82) is 0 Å². The molecule has 37 heavy (non-hydrogen) atoms. The van der Waals surface area contributed by atoms with E-state index in [1.807, 2.05) is 54.7 Å². The molecule has 0 amide bonds. The summed E-state index contributed by atoms with van der Waals surface area (Å²) in [5, 5.41) is 13.5. The zero-order valence-corrected chi connectivity index (χ0v) is 23.6. The fourth-order valence-electron chi connectivity index (χ4n) is 3.66. The van der Waals surface area contributed by atoms with E-state index in [9.17, 15) is 9.32 Å². The van der Waals surface area contributed by atoms with Crippen molar-refractivity contribution in [1.82, 2.24) is 14.9 Å². The number of nitrogens with two attached hydrogens (primary N) is 1. The Kier molecular flexibility index (Phi) is 9.77. The predicted molar refractivity (Wildman–Crippen MR) is 152 cm³/mol. The van der Waals surface area contributed by atoms with Crippen molar-refractivity contribution >= 4 is 49.4 Å². The van der Waals surface area contributed by atoms with Gasteiger partial charge in [-0.15, -0.1) is 22.7 Å². The molecular formula is C26H32N4O4S3. The quantitative estimate of drug-likeness (QED) is 0.221. The highest BCUT2D eigenvalue weighted by molar-refractivity contribution is 7.87. The number of rotatable bonds is 13. The lowest BCUT2D eigenvalue weighted by Gasteiger charge is -2.15. The van der Waals surface area contributed by atoms with Crippen molar-refractivity contribution in [2.75, 3.05) is 38.7 Å². The van der Waals surface area contributed by atoms with E-state index < -0.39 is 17.3 Å². The summed E-state index contributed by atoms with van der Waals surface area (Å²) in [4.78, 5) is 12.0. The third kappa shape index (κ3) is 6.99. The molecule has 1 aromatic carbocycles. The van der Waals surface area contributed by atoms with Crippen molar-refractivity contribution in [3.8, 4) is 21.8 Å². The first-order chi connectivity index (χ1) is 17.9. The Morgan fingerprint density at radius 3 is 2.68 bits per heavy atom. The predicted octanol–water partition coefficient (Wildman–Crippen LogP) is 4.95. The number of nitrogen functional groups attached to an aromatic ring is 1. The fraction of sp³-hybridized carbons (Fsp3) is 0.385. The maximum Gasteiger partial charge on any atom is 0.269 e. The second kappa shape index (κ2) is 13.0. The average molecular weight is 561 g/mol. The summed E-state index contributed by atoms with van der Waals surface area (Å²) in [6, 6.07) is 9.86. The number of ether oxygens (including phenoxy) is 2. The molecule has 0 aliphatic rings. The van der Waals surface area contributed by atoms with Gasteiger partial charge in [0.25, 0.3) is 6.48 Å². The lowest BCUT2D eigenvalue weighted by molar-refractivity contribution is -0.268.